The molecule has 204 valence electrons. The topological polar surface area (TPSA) is 159 Å². The number of aliphatic hydroxyl groups is 1. The first-order valence-electron chi connectivity index (χ1n) is 13.0. The van der Waals surface area contributed by atoms with E-state index in [9.17, 15) is 29.6 Å². The number of ether oxygens (including phenoxy) is 2. The summed E-state index contributed by atoms with van der Waals surface area (Å²) in [5, 5.41) is 21.9. The van der Waals surface area contributed by atoms with Crippen LogP contribution in [0.1, 0.15) is 82.6 Å². The predicted octanol–water partition coefficient (Wildman–Crippen LogP) is 5.19. The van der Waals surface area contributed by atoms with E-state index in [2.05, 4.69) is 6.92 Å². The van der Waals surface area contributed by atoms with Crippen LogP contribution in [0.5, 0.6) is 0 Å². The summed E-state index contributed by atoms with van der Waals surface area (Å²) < 4.78 is 10.3. The number of allylic oxidation sites excluding steroid dienone is 2. The maximum absolute atomic E-state index is 13.4. The molecule has 0 bridgehead atoms. The van der Waals surface area contributed by atoms with Gasteiger partial charge in [0.25, 0.3) is 5.69 Å². The van der Waals surface area contributed by atoms with Crippen molar-refractivity contribution in [3.05, 3.63) is 74.1 Å². The van der Waals surface area contributed by atoms with Crippen molar-refractivity contribution in [3.63, 3.8) is 0 Å². The number of nitro benzene ring substituents is 1. The third-order valence-corrected chi connectivity index (χ3v) is 6.90. The Kier molecular flexibility index (Phi) is 9.81. The van der Waals surface area contributed by atoms with Gasteiger partial charge in [0.2, 0.25) is 17.4 Å². The Hall–Kier alpha value is -3.95. The number of unbranched alkanes of at least 4 members (excludes halogenated alkanes) is 8. The lowest BCUT2D eigenvalue weighted by Gasteiger charge is -2.32. The number of esters is 1. The van der Waals surface area contributed by atoms with Crippen molar-refractivity contribution < 1.29 is 33.9 Å². The van der Waals surface area contributed by atoms with Crippen LogP contribution >= 0.6 is 0 Å². The van der Waals surface area contributed by atoms with Crippen molar-refractivity contribution in [2.24, 2.45) is 5.73 Å². The van der Waals surface area contributed by atoms with E-state index >= 15 is 0 Å². The predicted molar refractivity (Wildman–Crippen MR) is 139 cm³/mol. The zero-order chi connectivity index (χ0) is 27.8. The van der Waals surface area contributed by atoms with Gasteiger partial charge < -0.3 is 20.3 Å². The first-order chi connectivity index (χ1) is 18.2. The second-order valence-electron chi connectivity index (χ2n) is 9.46. The Morgan fingerprint density at radius 2 is 1.61 bits per heavy atom. The van der Waals surface area contributed by atoms with Crippen LogP contribution in [0.2, 0.25) is 0 Å². The highest BCUT2D eigenvalue weighted by atomic mass is 16.6. The fourth-order valence-corrected chi connectivity index (χ4v) is 4.84. The number of benzene rings is 1. The van der Waals surface area contributed by atoms with Crippen molar-refractivity contribution in [2.75, 3.05) is 7.11 Å². The van der Waals surface area contributed by atoms with Gasteiger partial charge in [0.15, 0.2) is 11.5 Å². The molecule has 10 nitrogen and oxygen atoms in total. The van der Waals surface area contributed by atoms with Gasteiger partial charge in [-0.1, -0.05) is 70.4 Å². The number of rotatable bonds is 13. The molecule has 0 fully saturated rings. The number of ketones is 2. The molecule has 3 rings (SSSR count). The van der Waals surface area contributed by atoms with Crippen LogP contribution in [0, 0.1) is 10.1 Å². The molecule has 1 atom stereocenters. The highest BCUT2D eigenvalue weighted by Gasteiger charge is 2.46. The summed E-state index contributed by atoms with van der Waals surface area (Å²) in [4.78, 5) is 49.8. The fraction of sp³-hybridized carbons (Fsp3) is 0.464. The smallest absolute Gasteiger partial charge is 0.340 e. The summed E-state index contributed by atoms with van der Waals surface area (Å²) in [5.74, 6) is -5.11. The van der Waals surface area contributed by atoms with Crippen molar-refractivity contribution in [1.29, 1.82) is 0 Å². The Bertz CT molecular complexity index is 1190. The van der Waals surface area contributed by atoms with E-state index in [-0.39, 0.29) is 40.2 Å². The van der Waals surface area contributed by atoms with Crippen molar-refractivity contribution in [1.82, 2.24) is 0 Å². The molecule has 1 aromatic carbocycles. The molecule has 1 aliphatic carbocycles. The second kappa shape index (κ2) is 13.0. The standard InChI is InChI=1S/C28H34N2O8/c1-3-4-5-6-7-8-9-10-11-12-19-23(31)25(33)21-20(17-13-15-18(16-14-17)30(35)36)22(28(34)37-2)27(29)38-26(21)24(19)32/h13-16,20,31H,3-12,29H2,1-2H3. The molecule has 0 saturated carbocycles. The molecule has 0 saturated heterocycles. The van der Waals surface area contributed by atoms with Gasteiger partial charge in [-0.3, -0.25) is 19.7 Å². The molecule has 3 N–H and O–H groups in total. The van der Waals surface area contributed by atoms with Gasteiger partial charge in [-0.05, 0) is 18.4 Å². The molecule has 2 aliphatic rings. The molecule has 10 heteroatoms. The third kappa shape index (κ3) is 6.12. The second-order valence-corrected chi connectivity index (χ2v) is 9.46. The first-order valence-corrected chi connectivity index (χ1v) is 13.0. The number of nitro groups is 1. The van der Waals surface area contributed by atoms with Crippen LogP contribution in [0.4, 0.5) is 5.69 Å². The minimum atomic E-state index is -1.22. The number of non-ortho nitro benzene ring substituents is 1. The highest BCUT2D eigenvalue weighted by molar-refractivity contribution is 6.25. The zero-order valence-corrected chi connectivity index (χ0v) is 21.8. The SMILES string of the molecule is CCCCCCCCCCCC1=C(O)C(=O)C2=C(OC(N)=C(C(=O)OC)C2c2ccc([N+](=O)[O-])cc2)C1=O. The molecule has 1 unspecified atom stereocenters. The Balaban J connectivity index is 1.82. The number of nitrogens with zero attached hydrogens (tertiary/aromatic N) is 1. The molecular formula is C28H34N2O8. The van der Waals surface area contributed by atoms with E-state index < -0.39 is 40.0 Å². The number of methoxy groups -OCH3 is 1. The van der Waals surface area contributed by atoms with Gasteiger partial charge in [0.05, 0.1) is 23.5 Å². The quantitative estimate of drug-likeness (QED) is 0.116. The van der Waals surface area contributed by atoms with Crippen LogP contribution in [0.25, 0.3) is 0 Å². The number of carbonyl (C=O) groups is 3. The lowest BCUT2D eigenvalue weighted by atomic mass is 9.76. The van der Waals surface area contributed by atoms with Crippen molar-refractivity contribution in [2.45, 2.75) is 77.0 Å². The summed E-state index contributed by atoms with van der Waals surface area (Å²) >= 11 is 0. The van der Waals surface area contributed by atoms with Crippen LogP contribution < -0.4 is 5.73 Å². The molecule has 0 radical (unpaired) electrons. The lowest BCUT2D eigenvalue weighted by Crippen LogP contribution is -2.35. The van der Waals surface area contributed by atoms with Gasteiger partial charge in [-0.15, -0.1) is 0 Å². The van der Waals surface area contributed by atoms with E-state index in [1.807, 2.05) is 0 Å². The molecule has 1 aromatic rings. The Morgan fingerprint density at radius 1 is 1.03 bits per heavy atom. The van der Waals surface area contributed by atoms with Gasteiger partial charge in [-0.25, -0.2) is 4.79 Å². The summed E-state index contributed by atoms with van der Waals surface area (Å²) in [7, 11) is 1.12. The third-order valence-electron chi connectivity index (χ3n) is 6.90. The Morgan fingerprint density at radius 3 is 2.16 bits per heavy atom. The van der Waals surface area contributed by atoms with E-state index in [1.54, 1.807) is 0 Å². The van der Waals surface area contributed by atoms with Crippen LogP contribution in [-0.4, -0.2) is 34.7 Å². The summed E-state index contributed by atoms with van der Waals surface area (Å²) in [6.45, 7) is 2.18. The molecule has 0 aromatic heterocycles. The fourth-order valence-electron chi connectivity index (χ4n) is 4.84. The van der Waals surface area contributed by atoms with E-state index in [0.29, 0.717) is 6.42 Å². The summed E-state index contributed by atoms with van der Waals surface area (Å²) in [6, 6.07) is 5.11. The normalized spacial score (nSPS) is 17.5. The molecule has 38 heavy (non-hydrogen) atoms. The summed E-state index contributed by atoms with van der Waals surface area (Å²) in [6.07, 6.45) is 9.79. The molecular weight excluding hydrogens is 492 g/mol. The Labute approximate surface area is 221 Å². The number of Topliss-reactive ketones (excluding diaryl/α,β-unsaturated/α-hetero) is 2. The van der Waals surface area contributed by atoms with Crippen molar-refractivity contribution in [3.8, 4) is 0 Å². The number of carbonyl (C=O) groups excluding carboxylic acids is 3. The maximum Gasteiger partial charge on any atom is 0.340 e. The number of aliphatic hydroxyl groups excluding tert-OH is 1. The van der Waals surface area contributed by atoms with Crippen LogP contribution in [0.15, 0.2) is 58.4 Å². The minimum Gasteiger partial charge on any atom is -0.504 e. The first kappa shape index (κ1) is 28.6. The molecule has 0 spiro atoms. The highest BCUT2D eigenvalue weighted by Crippen LogP contribution is 2.44. The van der Waals surface area contributed by atoms with E-state index in [4.69, 9.17) is 15.2 Å². The minimum absolute atomic E-state index is 0.0477. The largest absolute Gasteiger partial charge is 0.504 e. The van der Waals surface area contributed by atoms with Crippen LogP contribution in [-0.2, 0) is 23.9 Å². The molecule has 0 amide bonds. The average molecular weight is 527 g/mol. The number of nitrogens with two attached hydrogens (primary N) is 1. The monoisotopic (exact) mass is 526 g/mol. The maximum atomic E-state index is 13.4. The van der Waals surface area contributed by atoms with E-state index in [1.165, 1.54) is 49.9 Å². The lowest BCUT2D eigenvalue weighted by molar-refractivity contribution is -0.384. The zero-order valence-electron chi connectivity index (χ0n) is 21.8. The van der Waals surface area contributed by atoms with Gasteiger partial charge in [0.1, 0.15) is 5.57 Å². The average Bonchev–Trinajstić information content (AvgIpc) is 2.91. The van der Waals surface area contributed by atoms with E-state index in [0.717, 1.165) is 32.8 Å². The van der Waals surface area contributed by atoms with Crippen molar-refractivity contribution >= 4 is 23.2 Å². The number of hydrogen-bond acceptors (Lipinski definition) is 9. The van der Waals surface area contributed by atoms with Crippen LogP contribution in [0.3, 0.4) is 0 Å². The molecule has 1 heterocycles. The van der Waals surface area contributed by atoms with Gasteiger partial charge in [-0.2, -0.15) is 0 Å². The molecule has 1 aliphatic heterocycles. The van der Waals surface area contributed by atoms with Gasteiger partial charge in [0, 0.05) is 17.7 Å². The number of hydrogen-bond donors (Lipinski definition) is 2. The summed E-state index contributed by atoms with van der Waals surface area (Å²) in [5.41, 5.74) is 5.55. The van der Waals surface area contributed by atoms with Gasteiger partial charge >= 0.3 is 5.97 Å².